The molecule has 0 aliphatic rings. The van der Waals surface area contributed by atoms with Gasteiger partial charge in [-0.05, 0) is 0 Å². The van der Waals surface area contributed by atoms with Crippen molar-refractivity contribution in [3.05, 3.63) is 11.9 Å². The molecular formula is C6H11F3Si. The van der Waals surface area contributed by atoms with Crippen molar-refractivity contribution >= 4 is 8.80 Å². The van der Waals surface area contributed by atoms with Crippen molar-refractivity contribution in [1.29, 1.82) is 0 Å². The molecule has 0 bridgehead atoms. The van der Waals surface area contributed by atoms with E-state index in [9.17, 15) is 13.2 Å². The van der Waals surface area contributed by atoms with Gasteiger partial charge in [0.05, 0.1) is 0 Å². The Hall–Kier alpha value is -0.253. The fourth-order valence-electron chi connectivity index (χ4n) is 0.510. The largest absolute Gasteiger partial charge is 0.301 e. The van der Waals surface area contributed by atoms with Crippen molar-refractivity contribution in [2.75, 3.05) is 0 Å². The second-order valence-corrected chi connectivity index (χ2v) is 5.96. The molecule has 4 heteroatoms. The van der Waals surface area contributed by atoms with Crippen molar-refractivity contribution in [3.8, 4) is 0 Å². The molecule has 0 amide bonds. The maximum Gasteiger partial charge on any atom is 0.301 e. The Bertz CT molecular complexity index is 127. The van der Waals surface area contributed by atoms with E-state index in [2.05, 4.69) is 0 Å². The van der Waals surface area contributed by atoms with Crippen LogP contribution in [0.5, 0.6) is 0 Å². The number of halogens is 3. The lowest BCUT2D eigenvalue weighted by Gasteiger charge is -1.98. The third kappa shape index (κ3) is 4.61. The molecule has 0 saturated carbocycles. The third-order valence-corrected chi connectivity index (χ3v) is 2.59. The molecule has 0 aliphatic heterocycles. The van der Waals surface area contributed by atoms with E-state index in [0.717, 1.165) is 0 Å². The normalized spacial score (nSPS) is 10.2. The lowest BCUT2D eigenvalue weighted by molar-refractivity contribution is 0.373. The van der Waals surface area contributed by atoms with Crippen molar-refractivity contribution < 1.29 is 13.2 Å². The van der Waals surface area contributed by atoms with Gasteiger partial charge in [-0.15, -0.1) is 0 Å². The maximum absolute atomic E-state index is 12.0. The molecule has 0 fully saturated rings. The summed E-state index contributed by atoms with van der Waals surface area (Å²) in [6.07, 6.45) is -2.23. The summed E-state index contributed by atoms with van der Waals surface area (Å²) in [5.74, 6) is -1.24. The summed E-state index contributed by atoms with van der Waals surface area (Å²) in [6, 6.07) is 0.614. The van der Waals surface area contributed by atoms with E-state index < -0.39 is 20.7 Å². The van der Waals surface area contributed by atoms with Crippen LogP contribution in [0.25, 0.3) is 0 Å². The molecule has 0 spiro atoms. The Morgan fingerprint density at radius 1 is 1.20 bits per heavy atom. The van der Waals surface area contributed by atoms with Gasteiger partial charge in [0.2, 0.25) is 0 Å². The van der Waals surface area contributed by atoms with Gasteiger partial charge in [0, 0.05) is 15.2 Å². The molecule has 0 radical (unpaired) electrons. The first-order chi connectivity index (χ1) is 4.54. The zero-order chi connectivity index (χ0) is 8.15. The quantitative estimate of drug-likeness (QED) is 0.568. The number of allylic oxidation sites excluding steroid dienone is 1. The third-order valence-electron chi connectivity index (χ3n) is 1.15. The van der Waals surface area contributed by atoms with E-state index in [-0.39, 0.29) is 6.42 Å². The van der Waals surface area contributed by atoms with E-state index in [1.165, 1.54) is 0 Å². The minimum absolute atomic E-state index is 0.0772. The minimum Gasteiger partial charge on any atom is -0.206 e. The van der Waals surface area contributed by atoms with Crippen molar-refractivity contribution in [2.24, 2.45) is 0 Å². The molecule has 10 heavy (non-hydrogen) atoms. The molecule has 0 rings (SSSR count). The van der Waals surface area contributed by atoms with Crippen molar-refractivity contribution in [1.82, 2.24) is 0 Å². The monoisotopic (exact) mass is 168 g/mol. The first-order valence-electron chi connectivity index (χ1n) is 3.23. The van der Waals surface area contributed by atoms with E-state index in [0.29, 0.717) is 6.04 Å². The van der Waals surface area contributed by atoms with E-state index >= 15 is 0 Å². The maximum atomic E-state index is 12.0. The van der Waals surface area contributed by atoms with Gasteiger partial charge in [-0.2, -0.15) is 8.78 Å². The fourth-order valence-corrected chi connectivity index (χ4v) is 1.34. The Morgan fingerprint density at radius 3 is 2.00 bits per heavy atom. The number of rotatable bonds is 3. The highest BCUT2D eigenvalue weighted by Crippen LogP contribution is 2.16. The van der Waals surface area contributed by atoms with E-state index in [1.807, 2.05) is 13.1 Å². The highest BCUT2D eigenvalue weighted by atomic mass is 28.3. The highest BCUT2D eigenvalue weighted by Gasteiger charge is 2.05. The Morgan fingerprint density at radius 2 is 1.70 bits per heavy atom. The summed E-state index contributed by atoms with van der Waals surface area (Å²) >= 11 is 0. The Labute approximate surface area is 60.3 Å². The topological polar surface area (TPSA) is 0 Å². The molecule has 0 aromatic rings. The van der Waals surface area contributed by atoms with Crippen LogP contribution in [0, 0.1) is 0 Å². The molecular weight excluding hydrogens is 157 g/mol. The molecule has 0 heterocycles. The molecule has 0 aliphatic carbocycles. The van der Waals surface area contributed by atoms with E-state index in [4.69, 9.17) is 0 Å². The van der Waals surface area contributed by atoms with Crippen LogP contribution in [0.3, 0.4) is 0 Å². The lowest BCUT2D eigenvalue weighted by atomic mass is 10.4. The number of hydrogen-bond acceptors (Lipinski definition) is 0. The van der Waals surface area contributed by atoms with Crippen LogP contribution < -0.4 is 0 Å². The zero-order valence-electron chi connectivity index (χ0n) is 6.13. The summed E-state index contributed by atoms with van der Waals surface area (Å²) in [6.45, 7) is 4.01. The fraction of sp³-hybridized carbons (Fsp3) is 0.667. The molecule has 0 nitrogen and oxygen atoms in total. The average Bonchev–Trinajstić information content (AvgIpc) is 1.82. The van der Waals surface area contributed by atoms with Crippen LogP contribution in [-0.2, 0) is 0 Å². The predicted molar refractivity (Wildman–Crippen MR) is 38.7 cm³/mol. The summed E-state index contributed by atoms with van der Waals surface area (Å²) < 4.78 is 34.8. The van der Waals surface area contributed by atoms with Gasteiger partial charge in [0.1, 0.15) is 0 Å². The van der Waals surface area contributed by atoms with Gasteiger partial charge < -0.3 is 0 Å². The van der Waals surface area contributed by atoms with Gasteiger partial charge in [-0.3, -0.25) is 0 Å². The van der Waals surface area contributed by atoms with Crippen LogP contribution >= 0.6 is 0 Å². The van der Waals surface area contributed by atoms with Gasteiger partial charge in [0.15, 0.2) is 5.83 Å². The van der Waals surface area contributed by atoms with Crippen molar-refractivity contribution in [3.63, 3.8) is 0 Å². The Balaban J connectivity index is 3.60. The van der Waals surface area contributed by atoms with Gasteiger partial charge >= 0.3 is 6.08 Å². The first-order valence-corrected chi connectivity index (χ1v) is 6.36. The van der Waals surface area contributed by atoms with Crippen LogP contribution in [0.2, 0.25) is 19.1 Å². The van der Waals surface area contributed by atoms with Crippen molar-refractivity contribution in [2.45, 2.75) is 25.6 Å². The predicted octanol–water partition coefficient (Wildman–Crippen LogP) is 2.94. The Kier molecular flexibility index (Phi) is 4.43. The van der Waals surface area contributed by atoms with Gasteiger partial charge in [0.25, 0.3) is 0 Å². The van der Waals surface area contributed by atoms with Crippen LogP contribution in [0.15, 0.2) is 11.9 Å². The van der Waals surface area contributed by atoms with Gasteiger partial charge in [-0.25, -0.2) is 4.39 Å². The molecule has 0 aromatic carbocycles. The standard InChI is InChI=1S/C6H11F3Si/c1-10(2)4-3-5(7)6(8)9/h10H,3-4H2,1-2H3. The molecule has 0 unspecified atom stereocenters. The second-order valence-electron chi connectivity index (χ2n) is 2.60. The molecule has 0 aromatic heterocycles. The molecule has 0 atom stereocenters. The highest BCUT2D eigenvalue weighted by molar-refractivity contribution is 6.55. The first kappa shape index (κ1) is 9.75. The zero-order valence-corrected chi connectivity index (χ0v) is 7.28. The minimum atomic E-state index is -2.16. The average molecular weight is 168 g/mol. The van der Waals surface area contributed by atoms with Gasteiger partial charge in [-0.1, -0.05) is 19.1 Å². The molecule has 60 valence electrons. The number of hydrogen-bond donors (Lipinski definition) is 0. The van der Waals surface area contributed by atoms with Crippen LogP contribution in [0.1, 0.15) is 6.42 Å². The van der Waals surface area contributed by atoms with E-state index in [1.54, 1.807) is 0 Å². The summed E-state index contributed by atoms with van der Waals surface area (Å²) in [5.41, 5.74) is 0. The lowest BCUT2D eigenvalue weighted by Crippen LogP contribution is -1.98. The summed E-state index contributed by atoms with van der Waals surface area (Å²) in [7, 11) is -0.875. The smallest absolute Gasteiger partial charge is 0.206 e. The summed E-state index contributed by atoms with van der Waals surface area (Å²) in [4.78, 5) is 0. The second kappa shape index (κ2) is 4.55. The summed E-state index contributed by atoms with van der Waals surface area (Å²) in [5, 5.41) is 0. The van der Waals surface area contributed by atoms with Crippen LogP contribution in [0.4, 0.5) is 13.2 Å². The molecule has 0 N–H and O–H groups in total. The SMILES string of the molecule is C[SiH](C)CCC(F)=C(F)F. The molecule has 0 saturated heterocycles. The van der Waals surface area contributed by atoms with Crippen LogP contribution in [-0.4, -0.2) is 8.80 Å².